The molecule has 1 aliphatic rings. The lowest BCUT2D eigenvalue weighted by Crippen LogP contribution is -2.32. The number of aromatic nitrogens is 3. The van der Waals surface area contributed by atoms with Crippen molar-refractivity contribution < 1.29 is 14.9 Å². The number of anilines is 1. The van der Waals surface area contributed by atoms with Crippen LogP contribution < -0.4 is 11.4 Å². The first-order valence-electron chi connectivity index (χ1n) is 4.77. The quantitative estimate of drug-likeness (QED) is 0.527. The highest BCUT2D eigenvalue weighted by molar-refractivity contribution is 5.09. The Labute approximate surface area is 90.3 Å². The van der Waals surface area contributed by atoms with Crippen molar-refractivity contribution in [3.63, 3.8) is 0 Å². The summed E-state index contributed by atoms with van der Waals surface area (Å²) in [7, 11) is 0. The average Bonchev–Trinajstić information content (AvgIpc) is 2.60. The largest absolute Gasteiger partial charge is 0.394 e. The van der Waals surface area contributed by atoms with Gasteiger partial charge in [0, 0.05) is 6.42 Å². The highest BCUT2D eigenvalue weighted by atomic mass is 16.5. The summed E-state index contributed by atoms with van der Waals surface area (Å²) in [6.07, 6.45) is -0.798. The Balaban J connectivity index is 2.28. The number of rotatable bonds is 2. The number of nitrogen functional groups attached to an aromatic ring is 1. The smallest absolute Gasteiger partial charge is 0.354 e. The van der Waals surface area contributed by atoms with E-state index < -0.39 is 24.1 Å². The van der Waals surface area contributed by atoms with E-state index in [9.17, 15) is 9.90 Å². The lowest BCUT2D eigenvalue weighted by Gasteiger charge is -2.16. The molecule has 0 spiro atoms. The zero-order valence-corrected chi connectivity index (χ0v) is 8.35. The molecule has 1 saturated heterocycles. The van der Waals surface area contributed by atoms with E-state index in [0.717, 1.165) is 10.9 Å². The van der Waals surface area contributed by atoms with Crippen LogP contribution in [-0.2, 0) is 4.74 Å². The van der Waals surface area contributed by atoms with Crippen LogP contribution in [0, 0.1) is 0 Å². The fourth-order valence-corrected chi connectivity index (χ4v) is 1.63. The van der Waals surface area contributed by atoms with Gasteiger partial charge in [0.05, 0.1) is 12.7 Å². The highest BCUT2D eigenvalue weighted by Crippen LogP contribution is 2.26. The predicted octanol–water partition coefficient (Wildman–Crippen LogP) is -2.14. The van der Waals surface area contributed by atoms with Crippen LogP contribution >= 0.6 is 0 Å². The van der Waals surface area contributed by atoms with Gasteiger partial charge in [-0.2, -0.15) is 4.98 Å². The Morgan fingerprint density at radius 3 is 3.00 bits per heavy atom. The molecule has 1 unspecified atom stereocenters. The van der Waals surface area contributed by atoms with Crippen LogP contribution in [0.3, 0.4) is 0 Å². The summed E-state index contributed by atoms with van der Waals surface area (Å²) in [4.78, 5) is 18.5. The number of nitrogens with two attached hydrogens (primary N) is 1. The second kappa shape index (κ2) is 4.16. The molecule has 0 aromatic carbocycles. The van der Waals surface area contributed by atoms with Crippen molar-refractivity contribution in [2.75, 3.05) is 12.3 Å². The molecule has 1 aromatic rings. The summed E-state index contributed by atoms with van der Waals surface area (Å²) in [5.41, 5.74) is 4.59. The molecule has 0 radical (unpaired) electrons. The van der Waals surface area contributed by atoms with Crippen LogP contribution in [-0.4, -0.2) is 43.6 Å². The van der Waals surface area contributed by atoms with Crippen molar-refractivity contribution >= 4 is 5.95 Å². The van der Waals surface area contributed by atoms with Gasteiger partial charge in [0.2, 0.25) is 5.95 Å². The van der Waals surface area contributed by atoms with Gasteiger partial charge in [-0.1, -0.05) is 0 Å². The van der Waals surface area contributed by atoms with Gasteiger partial charge in [-0.25, -0.2) is 9.78 Å². The molecule has 1 aliphatic heterocycles. The Bertz CT molecular complexity index is 434. The van der Waals surface area contributed by atoms with Crippen LogP contribution in [0.2, 0.25) is 0 Å². The molecule has 8 heteroatoms. The molecule has 0 saturated carbocycles. The molecule has 16 heavy (non-hydrogen) atoms. The summed E-state index contributed by atoms with van der Waals surface area (Å²) >= 11 is 0. The van der Waals surface area contributed by atoms with Gasteiger partial charge in [-0.15, -0.1) is 0 Å². The molecule has 4 N–H and O–H groups in total. The molecule has 8 nitrogen and oxygen atoms in total. The SMILES string of the molecule is Nc1ncn(C2O[C@H](CO)C[C@@H]2O)c(=O)n1. The van der Waals surface area contributed by atoms with Gasteiger partial charge in [0.1, 0.15) is 12.4 Å². The van der Waals surface area contributed by atoms with Crippen LogP contribution in [0.25, 0.3) is 0 Å². The van der Waals surface area contributed by atoms with Crippen molar-refractivity contribution in [3.05, 3.63) is 16.8 Å². The Kier molecular flexibility index (Phi) is 2.86. The lowest BCUT2D eigenvalue weighted by atomic mass is 10.2. The number of aliphatic hydroxyl groups excluding tert-OH is 2. The van der Waals surface area contributed by atoms with Crippen molar-refractivity contribution in [3.8, 4) is 0 Å². The van der Waals surface area contributed by atoms with Gasteiger partial charge >= 0.3 is 5.69 Å². The first kappa shape index (κ1) is 11.0. The van der Waals surface area contributed by atoms with Crippen molar-refractivity contribution in [2.45, 2.75) is 24.9 Å². The number of hydrogen-bond acceptors (Lipinski definition) is 7. The minimum Gasteiger partial charge on any atom is -0.394 e. The molecule has 1 aromatic heterocycles. The molecule has 2 rings (SSSR count). The number of hydrogen-bond donors (Lipinski definition) is 3. The molecule has 2 heterocycles. The third-order valence-electron chi connectivity index (χ3n) is 2.39. The first-order valence-corrected chi connectivity index (χ1v) is 4.77. The van der Waals surface area contributed by atoms with E-state index in [1.807, 2.05) is 0 Å². The van der Waals surface area contributed by atoms with Crippen molar-refractivity contribution in [1.29, 1.82) is 0 Å². The molecule has 88 valence electrons. The molecular weight excluding hydrogens is 216 g/mol. The topological polar surface area (TPSA) is 123 Å². The summed E-state index contributed by atoms with van der Waals surface area (Å²) in [6.45, 7) is -0.210. The Morgan fingerprint density at radius 2 is 2.44 bits per heavy atom. The van der Waals surface area contributed by atoms with E-state index in [4.69, 9.17) is 15.6 Å². The van der Waals surface area contributed by atoms with Gasteiger partial charge in [-0.3, -0.25) is 4.57 Å². The highest BCUT2D eigenvalue weighted by Gasteiger charge is 2.35. The maximum atomic E-state index is 11.4. The van der Waals surface area contributed by atoms with Gasteiger partial charge < -0.3 is 20.7 Å². The zero-order valence-electron chi connectivity index (χ0n) is 8.35. The predicted molar refractivity (Wildman–Crippen MR) is 52.3 cm³/mol. The maximum absolute atomic E-state index is 11.4. The second-order valence-corrected chi connectivity index (χ2v) is 3.54. The maximum Gasteiger partial charge on any atom is 0.354 e. The second-order valence-electron chi connectivity index (χ2n) is 3.54. The van der Waals surface area contributed by atoms with Gasteiger partial charge in [0.15, 0.2) is 6.23 Å². The number of aliphatic hydroxyl groups is 2. The fourth-order valence-electron chi connectivity index (χ4n) is 1.63. The Hall–Kier alpha value is -1.51. The van der Waals surface area contributed by atoms with Crippen LogP contribution in [0.5, 0.6) is 0 Å². The van der Waals surface area contributed by atoms with Crippen molar-refractivity contribution in [2.24, 2.45) is 0 Å². The van der Waals surface area contributed by atoms with Crippen LogP contribution in [0.4, 0.5) is 5.95 Å². The van der Waals surface area contributed by atoms with Crippen LogP contribution in [0.1, 0.15) is 12.6 Å². The monoisotopic (exact) mass is 228 g/mol. The molecular formula is C8H12N4O4. The summed E-state index contributed by atoms with van der Waals surface area (Å²) < 4.78 is 6.32. The standard InChI is InChI=1S/C8H12N4O4/c9-7-10-3-12(8(15)11-7)6-5(14)1-4(2-13)16-6/h3-6,13-14H,1-2H2,(H2,9,11,15)/t4-,5-,6?/m0/s1. The lowest BCUT2D eigenvalue weighted by molar-refractivity contribution is -0.0535. The summed E-state index contributed by atoms with van der Waals surface area (Å²) in [6, 6.07) is 0. The van der Waals surface area contributed by atoms with Gasteiger partial charge in [-0.05, 0) is 0 Å². The summed E-state index contributed by atoms with van der Waals surface area (Å²) in [5, 5.41) is 18.5. The molecule has 0 bridgehead atoms. The van der Waals surface area contributed by atoms with E-state index >= 15 is 0 Å². The third-order valence-corrected chi connectivity index (χ3v) is 2.39. The zero-order chi connectivity index (χ0) is 11.7. The number of ether oxygens (including phenoxy) is 1. The fraction of sp³-hybridized carbons (Fsp3) is 0.625. The minimum atomic E-state index is -0.873. The summed E-state index contributed by atoms with van der Waals surface area (Å²) in [5.74, 6) is -0.132. The minimum absolute atomic E-state index is 0.132. The number of nitrogens with zero attached hydrogens (tertiary/aromatic N) is 3. The van der Waals surface area contributed by atoms with E-state index in [1.165, 1.54) is 0 Å². The molecule has 0 aliphatic carbocycles. The normalized spacial score (nSPS) is 29.5. The Morgan fingerprint density at radius 1 is 1.69 bits per heavy atom. The van der Waals surface area contributed by atoms with E-state index in [2.05, 4.69) is 9.97 Å². The first-order chi connectivity index (χ1) is 7.61. The molecule has 3 atom stereocenters. The van der Waals surface area contributed by atoms with Gasteiger partial charge in [0.25, 0.3) is 0 Å². The molecule has 0 amide bonds. The third kappa shape index (κ3) is 1.90. The molecule has 1 fully saturated rings. The van der Waals surface area contributed by atoms with E-state index in [1.54, 1.807) is 0 Å². The average molecular weight is 228 g/mol. The van der Waals surface area contributed by atoms with E-state index in [0.29, 0.717) is 0 Å². The van der Waals surface area contributed by atoms with Crippen LogP contribution in [0.15, 0.2) is 11.1 Å². The van der Waals surface area contributed by atoms with Crippen molar-refractivity contribution in [1.82, 2.24) is 14.5 Å². The van der Waals surface area contributed by atoms with E-state index in [-0.39, 0.29) is 19.0 Å².